The van der Waals surface area contributed by atoms with Gasteiger partial charge in [-0.3, -0.25) is 9.89 Å². The summed E-state index contributed by atoms with van der Waals surface area (Å²) in [6.45, 7) is 5.26. The first-order valence-corrected chi connectivity index (χ1v) is 9.94. The first kappa shape index (κ1) is 21.2. The van der Waals surface area contributed by atoms with Crippen LogP contribution in [0.4, 0.5) is 0 Å². The van der Waals surface area contributed by atoms with Crippen LogP contribution < -0.4 is 10.6 Å². The molecule has 0 saturated carbocycles. The summed E-state index contributed by atoms with van der Waals surface area (Å²) in [6.07, 6.45) is 2.58. The fraction of sp³-hybridized carbons (Fsp3) is 0.450. The molecule has 1 aliphatic heterocycles. The summed E-state index contributed by atoms with van der Waals surface area (Å²) in [4.78, 5) is 8.40. The average Bonchev–Trinajstić information content (AvgIpc) is 3.16. The van der Waals surface area contributed by atoms with Gasteiger partial charge in [-0.25, -0.2) is 0 Å². The van der Waals surface area contributed by atoms with E-state index in [2.05, 4.69) is 62.3 Å². The van der Waals surface area contributed by atoms with E-state index in [1.807, 2.05) is 24.5 Å². The minimum Gasteiger partial charge on any atom is -0.356 e. The SMILES string of the molecule is CN=C(NCc1ccccc1)NCC1CCCN(Cc2cccs2)C1.I. The Morgan fingerprint density at radius 2 is 2.04 bits per heavy atom. The van der Waals surface area contributed by atoms with Crippen LogP contribution in [0.15, 0.2) is 52.8 Å². The van der Waals surface area contributed by atoms with E-state index in [4.69, 9.17) is 0 Å². The molecule has 3 rings (SSSR count). The number of guanidine groups is 1. The van der Waals surface area contributed by atoms with E-state index in [1.165, 1.54) is 36.4 Å². The van der Waals surface area contributed by atoms with E-state index in [9.17, 15) is 0 Å². The third kappa shape index (κ3) is 6.89. The molecule has 0 spiro atoms. The van der Waals surface area contributed by atoms with Crippen LogP contribution in [0.2, 0.25) is 0 Å². The summed E-state index contributed by atoms with van der Waals surface area (Å²) in [7, 11) is 1.84. The molecule has 2 aromatic rings. The van der Waals surface area contributed by atoms with E-state index in [0.717, 1.165) is 25.6 Å². The molecule has 142 valence electrons. The fourth-order valence-electron chi connectivity index (χ4n) is 3.33. The van der Waals surface area contributed by atoms with Crippen LogP contribution in [0.3, 0.4) is 0 Å². The predicted molar refractivity (Wildman–Crippen MR) is 122 cm³/mol. The zero-order valence-electron chi connectivity index (χ0n) is 15.4. The predicted octanol–water partition coefficient (Wildman–Crippen LogP) is 3.94. The van der Waals surface area contributed by atoms with Gasteiger partial charge in [0.25, 0.3) is 0 Å². The highest BCUT2D eigenvalue weighted by molar-refractivity contribution is 14.0. The number of aliphatic imine (C=N–C) groups is 1. The largest absolute Gasteiger partial charge is 0.356 e. The summed E-state index contributed by atoms with van der Waals surface area (Å²) in [5, 5.41) is 9.07. The van der Waals surface area contributed by atoms with Gasteiger partial charge in [0, 0.05) is 38.1 Å². The van der Waals surface area contributed by atoms with Gasteiger partial charge in [-0.1, -0.05) is 36.4 Å². The molecule has 26 heavy (non-hydrogen) atoms. The molecule has 1 fully saturated rings. The standard InChI is InChI=1S/C20H28N4S.HI/c1-21-20(22-13-17-7-3-2-4-8-17)23-14-18-9-5-11-24(15-18)16-19-10-6-12-25-19;/h2-4,6-8,10,12,18H,5,9,11,13-16H2,1H3,(H2,21,22,23);1H. The lowest BCUT2D eigenvalue weighted by Crippen LogP contribution is -2.44. The Labute approximate surface area is 178 Å². The Kier molecular flexibility index (Phi) is 9.42. The first-order chi connectivity index (χ1) is 12.3. The van der Waals surface area contributed by atoms with Crippen molar-refractivity contribution in [3.8, 4) is 0 Å². The van der Waals surface area contributed by atoms with Gasteiger partial charge in [-0.2, -0.15) is 0 Å². The number of piperidine rings is 1. The molecule has 1 aliphatic rings. The second kappa shape index (κ2) is 11.6. The maximum absolute atomic E-state index is 4.35. The van der Waals surface area contributed by atoms with Crippen LogP contribution in [-0.4, -0.2) is 37.5 Å². The molecule has 1 aromatic heterocycles. The van der Waals surface area contributed by atoms with Gasteiger partial charge < -0.3 is 10.6 Å². The molecule has 6 heteroatoms. The number of benzene rings is 1. The van der Waals surface area contributed by atoms with Crippen molar-refractivity contribution in [1.29, 1.82) is 0 Å². The van der Waals surface area contributed by atoms with Crippen LogP contribution in [0.5, 0.6) is 0 Å². The Morgan fingerprint density at radius 1 is 1.19 bits per heavy atom. The third-order valence-electron chi connectivity index (χ3n) is 4.65. The van der Waals surface area contributed by atoms with Crippen molar-refractivity contribution >= 4 is 41.3 Å². The Balaban J connectivity index is 0.00000243. The average molecular weight is 484 g/mol. The molecule has 1 atom stereocenters. The fourth-order valence-corrected chi connectivity index (χ4v) is 4.07. The van der Waals surface area contributed by atoms with Crippen molar-refractivity contribution in [3.05, 3.63) is 58.3 Å². The minimum absolute atomic E-state index is 0. The number of likely N-dealkylation sites (tertiary alicyclic amines) is 1. The monoisotopic (exact) mass is 484 g/mol. The second-order valence-electron chi connectivity index (χ2n) is 6.61. The molecular formula is C20H29IN4S. The van der Waals surface area contributed by atoms with Gasteiger partial charge in [0.15, 0.2) is 5.96 Å². The lowest BCUT2D eigenvalue weighted by atomic mass is 9.98. The highest BCUT2D eigenvalue weighted by Crippen LogP contribution is 2.19. The quantitative estimate of drug-likeness (QED) is 0.371. The van der Waals surface area contributed by atoms with E-state index in [0.29, 0.717) is 5.92 Å². The van der Waals surface area contributed by atoms with Crippen LogP contribution in [0, 0.1) is 5.92 Å². The summed E-state index contributed by atoms with van der Waals surface area (Å²) < 4.78 is 0. The Hall–Kier alpha value is -1.12. The molecule has 1 unspecified atom stereocenters. The highest BCUT2D eigenvalue weighted by atomic mass is 127. The normalized spacial score (nSPS) is 18.2. The summed E-state index contributed by atoms with van der Waals surface area (Å²) in [5.41, 5.74) is 1.27. The van der Waals surface area contributed by atoms with Crippen molar-refractivity contribution < 1.29 is 0 Å². The van der Waals surface area contributed by atoms with Crippen molar-refractivity contribution in [1.82, 2.24) is 15.5 Å². The number of nitrogens with one attached hydrogen (secondary N) is 2. The molecule has 1 saturated heterocycles. The Bertz CT molecular complexity index is 645. The zero-order valence-corrected chi connectivity index (χ0v) is 18.5. The third-order valence-corrected chi connectivity index (χ3v) is 5.51. The van der Waals surface area contributed by atoms with Crippen LogP contribution in [-0.2, 0) is 13.1 Å². The van der Waals surface area contributed by atoms with E-state index in [1.54, 1.807) is 0 Å². The first-order valence-electron chi connectivity index (χ1n) is 9.06. The summed E-state index contributed by atoms with van der Waals surface area (Å²) >= 11 is 1.86. The van der Waals surface area contributed by atoms with Gasteiger partial charge >= 0.3 is 0 Å². The molecule has 0 radical (unpaired) electrons. The minimum atomic E-state index is 0. The number of rotatable bonds is 6. The lowest BCUT2D eigenvalue weighted by Gasteiger charge is -2.32. The van der Waals surface area contributed by atoms with Gasteiger partial charge in [0.05, 0.1) is 0 Å². The highest BCUT2D eigenvalue weighted by Gasteiger charge is 2.20. The smallest absolute Gasteiger partial charge is 0.191 e. The molecular weight excluding hydrogens is 455 g/mol. The van der Waals surface area contributed by atoms with Crippen molar-refractivity contribution in [2.45, 2.75) is 25.9 Å². The molecule has 4 nitrogen and oxygen atoms in total. The van der Waals surface area contributed by atoms with Crippen LogP contribution in [0.25, 0.3) is 0 Å². The van der Waals surface area contributed by atoms with Gasteiger partial charge in [0.2, 0.25) is 0 Å². The van der Waals surface area contributed by atoms with E-state index < -0.39 is 0 Å². The van der Waals surface area contributed by atoms with Crippen LogP contribution >= 0.6 is 35.3 Å². The molecule has 2 heterocycles. The van der Waals surface area contributed by atoms with E-state index in [-0.39, 0.29) is 24.0 Å². The lowest BCUT2D eigenvalue weighted by molar-refractivity contribution is 0.169. The second-order valence-corrected chi connectivity index (χ2v) is 7.65. The zero-order chi connectivity index (χ0) is 17.3. The van der Waals surface area contributed by atoms with Gasteiger partial charge in [-0.15, -0.1) is 35.3 Å². The van der Waals surface area contributed by atoms with E-state index >= 15 is 0 Å². The summed E-state index contributed by atoms with van der Waals surface area (Å²) in [6, 6.07) is 14.8. The molecule has 0 aliphatic carbocycles. The van der Waals surface area contributed by atoms with Crippen molar-refractivity contribution in [2.75, 3.05) is 26.7 Å². The number of thiophene rings is 1. The number of hydrogen-bond donors (Lipinski definition) is 2. The Morgan fingerprint density at radius 3 is 2.77 bits per heavy atom. The van der Waals surface area contributed by atoms with Gasteiger partial charge in [0.1, 0.15) is 0 Å². The summed E-state index contributed by atoms with van der Waals surface area (Å²) in [5.74, 6) is 1.57. The molecule has 0 bridgehead atoms. The maximum Gasteiger partial charge on any atom is 0.191 e. The van der Waals surface area contributed by atoms with Crippen LogP contribution in [0.1, 0.15) is 23.3 Å². The number of nitrogens with zero attached hydrogens (tertiary/aromatic N) is 2. The molecule has 0 amide bonds. The van der Waals surface area contributed by atoms with Gasteiger partial charge in [-0.05, 0) is 42.3 Å². The molecule has 2 N–H and O–H groups in total. The number of halogens is 1. The van der Waals surface area contributed by atoms with Crippen molar-refractivity contribution in [3.63, 3.8) is 0 Å². The maximum atomic E-state index is 4.35. The topological polar surface area (TPSA) is 39.7 Å². The molecule has 1 aromatic carbocycles. The number of hydrogen-bond acceptors (Lipinski definition) is 3. The van der Waals surface area contributed by atoms with Crippen molar-refractivity contribution in [2.24, 2.45) is 10.9 Å².